The highest BCUT2D eigenvalue weighted by Gasteiger charge is 2.54. The molecule has 2 N–H and O–H groups in total. The van der Waals surface area contributed by atoms with Crippen molar-refractivity contribution >= 4 is 34.2 Å². The molecule has 0 saturated carbocycles. The maximum Gasteiger partial charge on any atom is 0.240 e. The molecule has 0 radical (unpaired) electrons. The van der Waals surface area contributed by atoms with Crippen molar-refractivity contribution in [2.45, 2.75) is 11.8 Å². The summed E-state index contributed by atoms with van der Waals surface area (Å²) in [7, 11) is 0. The van der Waals surface area contributed by atoms with Crippen LogP contribution < -0.4 is 15.5 Å². The maximum absolute atomic E-state index is 13.4. The zero-order chi connectivity index (χ0) is 19.3. The first-order valence-electron chi connectivity index (χ1n) is 9.39. The summed E-state index contributed by atoms with van der Waals surface area (Å²) in [5.41, 5.74) is 7.45. The lowest BCUT2D eigenvalue weighted by Crippen LogP contribution is -2.45. The van der Waals surface area contributed by atoms with Crippen molar-refractivity contribution in [1.82, 2.24) is 4.98 Å². The number of aromatic nitrogens is 1. The second kappa shape index (κ2) is 6.05. The molecule has 1 saturated heterocycles. The average Bonchev–Trinajstić information content (AvgIpc) is 3.25. The SMILES string of the molecule is NC(=O)CN1C(=O)[C@]2(CCN(c3ccc4ccccc4n3)C2)c2ccccc21. The van der Waals surface area contributed by atoms with Gasteiger partial charge in [-0.25, -0.2) is 4.98 Å². The quantitative estimate of drug-likeness (QED) is 0.765. The number of para-hydroxylation sites is 2. The topological polar surface area (TPSA) is 79.5 Å². The van der Waals surface area contributed by atoms with Crippen molar-refractivity contribution in [2.24, 2.45) is 5.73 Å². The molecule has 1 spiro atoms. The van der Waals surface area contributed by atoms with Gasteiger partial charge in [0.05, 0.1) is 10.9 Å². The minimum Gasteiger partial charge on any atom is -0.368 e. The van der Waals surface area contributed by atoms with Crippen LogP contribution in [0, 0.1) is 0 Å². The number of rotatable bonds is 3. The number of nitrogens with two attached hydrogens (primary N) is 1. The summed E-state index contributed by atoms with van der Waals surface area (Å²) in [6.45, 7) is 1.19. The molecule has 28 heavy (non-hydrogen) atoms. The lowest BCUT2D eigenvalue weighted by molar-refractivity contribution is -0.124. The third-order valence-corrected chi connectivity index (χ3v) is 5.86. The summed E-state index contributed by atoms with van der Waals surface area (Å²) < 4.78 is 0. The van der Waals surface area contributed by atoms with Gasteiger partial charge in [-0.15, -0.1) is 0 Å². The van der Waals surface area contributed by atoms with E-state index >= 15 is 0 Å². The number of carbonyl (C=O) groups is 2. The maximum atomic E-state index is 13.4. The number of benzene rings is 2. The van der Waals surface area contributed by atoms with Crippen LogP contribution in [0.2, 0.25) is 0 Å². The van der Waals surface area contributed by atoms with Gasteiger partial charge in [-0.3, -0.25) is 9.59 Å². The van der Waals surface area contributed by atoms with Crippen molar-refractivity contribution in [3.05, 3.63) is 66.2 Å². The smallest absolute Gasteiger partial charge is 0.240 e. The Labute approximate surface area is 162 Å². The van der Waals surface area contributed by atoms with E-state index < -0.39 is 11.3 Å². The first-order chi connectivity index (χ1) is 13.6. The highest BCUT2D eigenvalue weighted by atomic mass is 16.2. The molecule has 6 heteroatoms. The lowest BCUT2D eigenvalue weighted by Gasteiger charge is -2.24. The van der Waals surface area contributed by atoms with Crippen molar-refractivity contribution in [2.75, 3.05) is 29.4 Å². The van der Waals surface area contributed by atoms with Gasteiger partial charge in [-0.05, 0) is 36.2 Å². The molecule has 6 nitrogen and oxygen atoms in total. The summed E-state index contributed by atoms with van der Waals surface area (Å²) in [6.07, 6.45) is 0.687. The molecule has 2 amide bonds. The third-order valence-electron chi connectivity index (χ3n) is 5.86. The van der Waals surface area contributed by atoms with Gasteiger partial charge >= 0.3 is 0 Å². The molecule has 140 valence electrons. The molecule has 2 aliphatic heterocycles. The van der Waals surface area contributed by atoms with Crippen LogP contribution in [0.5, 0.6) is 0 Å². The van der Waals surface area contributed by atoms with E-state index in [1.165, 1.54) is 4.90 Å². The van der Waals surface area contributed by atoms with Crippen LogP contribution in [-0.2, 0) is 15.0 Å². The Morgan fingerprint density at radius 1 is 1.07 bits per heavy atom. The molecule has 0 unspecified atom stereocenters. The third kappa shape index (κ3) is 2.37. The minimum atomic E-state index is -0.653. The fourth-order valence-electron chi connectivity index (χ4n) is 4.54. The summed E-state index contributed by atoms with van der Waals surface area (Å²) >= 11 is 0. The predicted octanol–water partition coefficient (Wildman–Crippen LogP) is 2.21. The summed E-state index contributed by atoms with van der Waals surface area (Å²) in [4.78, 5) is 33.4. The summed E-state index contributed by atoms with van der Waals surface area (Å²) in [5.74, 6) is 0.316. The van der Waals surface area contributed by atoms with Crippen LogP contribution in [0.15, 0.2) is 60.7 Å². The van der Waals surface area contributed by atoms with E-state index in [0.717, 1.165) is 34.5 Å². The normalized spacial score (nSPS) is 20.9. The Bertz CT molecular complexity index is 1110. The molecular formula is C22H20N4O2. The van der Waals surface area contributed by atoms with Gasteiger partial charge in [0, 0.05) is 24.2 Å². The number of amides is 2. The molecule has 3 aromatic rings. The zero-order valence-electron chi connectivity index (χ0n) is 15.3. The second-order valence-electron chi connectivity index (χ2n) is 7.49. The average molecular weight is 372 g/mol. The second-order valence-corrected chi connectivity index (χ2v) is 7.49. The molecule has 0 bridgehead atoms. The van der Waals surface area contributed by atoms with Gasteiger partial charge in [0.1, 0.15) is 12.4 Å². The molecular weight excluding hydrogens is 352 g/mol. The summed E-state index contributed by atoms with van der Waals surface area (Å²) in [6, 6.07) is 19.8. The van der Waals surface area contributed by atoms with Crippen LogP contribution >= 0.6 is 0 Å². The highest BCUT2D eigenvalue weighted by Crippen LogP contribution is 2.47. The van der Waals surface area contributed by atoms with Gasteiger partial charge in [0.15, 0.2) is 0 Å². The standard InChI is InChI=1S/C22H20N4O2/c23-19(27)13-26-18-8-4-2-6-16(18)22(21(26)28)11-12-25(14-22)20-10-9-15-5-1-3-7-17(15)24-20/h1-10H,11-14H2,(H2,23,27)/t22-/m0/s1. The Morgan fingerprint density at radius 3 is 2.71 bits per heavy atom. The van der Waals surface area contributed by atoms with Gasteiger partial charge in [0.2, 0.25) is 11.8 Å². The van der Waals surface area contributed by atoms with Gasteiger partial charge in [-0.2, -0.15) is 0 Å². The molecule has 3 heterocycles. The van der Waals surface area contributed by atoms with Gasteiger partial charge in [-0.1, -0.05) is 36.4 Å². The van der Waals surface area contributed by atoms with E-state index in [9.17, 15) is 9.59 Å². The summed E-state index contributed by atoms with van der Waals surface area (Å²) in [5, 5.41) is 1.09. The number of carbonyl (C=O) groups excluding carboxylic acids is 2. The Kier molecular flexibility index (Phi) is 3.62. The predicted molar refractivity (Wildman–Crippen MR) is 108 cm³/mol. The van der Waals surface area contributed by atoms with Gasteiger partial charge in [0.25, 0.3) is 0 Å². The Hall–Kier alpha value is -3.41. The molecule has 1 fully saturated rings. The van der Waals surface area contributed by atoms with E-state index in [2.05, 4.69) is 11.0 Å². The monoisotopic (exact) mass is 372 g/mol. The molecule has 2 aliphatic rings. The van der Waals surface area contributed by atoms with Crippen molar-refractivity contribution in [3.63, 3.8) is 0 Å². The van der Waals surface area contributed by atoms with Crippen molar-refractivity contribution in [1.29, 1.82) is 0 Å². The zero-order valence-corrected chi connectivity index (χ0v) is 15.3. The number of pyridine rings is 1. The number of hydrogen-bond acceptors (Lipinski definition) is 4. The van der Waals surface area contributed by atoms with Crippen LogP contribution in [0.25, 0.3) is 10.9 Å². The lowest BCUT2D eigenvalue weighted by atomic mass is 9.81. The molecule has 5 rings (SSSR count). The van der Waals surface area contributed by atoms with Crippen molar-refractivity contribution < 1.29 is 9.59 Å². The first-order valence-corrected chi connectivity index (χ1v) is 9.39. The number of anilines is 2. The minimum absolute atomic E-state index is 0.0456. The fourth-order valence-corrected chi connectivity index (χ4v) is 4.54. The van der Waals surface area contributed by atoms with E-state index in [0.29, 0.717) is 13.0 Å². The van der Waals surface area contributed by atoms with E-state index in [1.807, 2.05) is 54.6 Å². The van der Waals surface area contributed by atoms with Crippen LogP contribution in [0.3, 0.4) is 0 Å². The van der Waals surface area contributed by atoms with Crippen LogP contribution in [-0.4, -0.2) is 36.4 Å². The van der Waals surface area contributed by atoms with Crippen molar-refractivity contribution in [3.8, 4) is 0 Å². The number of nitrogens with zero attached hydrogens (tertiary/aromatic N) is 3. The van der Waals surface area contributed by atoms with E-state index in [4.69, 9.17) is 10.7 Å². The number of primary amides is 1. The van der Waals surface area contributed by atoms with E-state index in [1.54, 1.807) is 0 Å². The van der Waals surface area contributed by atoms with Crippen LogP contribution in [0.4, 0.5) is 11.5 Å². The first kappa shape index (κ1) is 16.7. The Morgan fingerprint density at radius 2 is 1.86 bits per heavy atom. The fraction of sp³-hybridized carbons (Fsp3) is 0.227. The molecule has 1 aromatic heterocycles. The highest BCUT2D eigenvalue weighted by molar-refractivity contribution is 6.11. The Balaban J connectivity index is 1.52. The molecule has 0 aliphatic carbocycles. The largest absolute Gasteiger partial charge is 0.368 e. The van der Waals surface area contributed by atoms with Gasteiger partial charge < -0.3 is 15.5 Å². The molecule has 2 aromatic carbocycles. The number of hydrogen-bond donors (Lipinski definition) is 1. The number of fused-ring (bicyclic) bond motifs is 3. The van der Waals surface area contributed by atoms with Crippen LogP contribution in [0.1, 0.15) is 12.0 Å². The van der Waals surface area contributed by atoms with E-state index in [-0.39, 0.29) is 12.5 Å². The molecule has 1 atom stereocenters.